The molecule has 0 aliphatic rings. The predicted molar refractivity (Wildman–Crippen MR) is 59.1 cm³/mol. The molecular formula is C12H14O3. The van der Waals surface area contributed by atoms with E-state index in [0.29, 0.717) is 11.3 Å². The minimum absolute atomic E-state index is 0.0543. The molecule has 80 valence electrons. The van der Waals surface area contributed by atoms with Crippen molar-refractivity contribution in [3.63, 3.8) is 0 Å². The van der Waals surface area contributed by atoms with Crippen LogP contribution >= 0.6 is 0 Å². The number of aliphatic carboxylic acids is 1. The first-order valence-electron chi connectivity index (χ1n) is 4.55. The van der Waals surface area contributed by atoms with Crippen LogP contribution < -0.4 is 4.74 Å². The molecule has 1 aromatic rings. The van der Waals surface area contributed by atoms with Gasteiger partial charge in [-0.15, -0.1) is 0 Å². The van der Waals surface area contributed by atoms with Gasteiger partial charge in [0, 0.05) is 5.56 Å². The number of hydrogen-bond donors (Lipinski definition) is 1. The van der Waals surface area contributed by atoms with Crippen LogP contribution in [0.25, 0.3) is 5.57 Å². The number of methoxy groups -OCH3 is 1. The van der Waals surface area contributed by atoms with Crippen molar-refractivity contribution in [2.45, 2.75) is 13.8 Å². The van der Waals surface area contributed by atoms with E-state index in [2.05, 4.69) is 6.58 Å². The van der Waals surface area contributed by atoms with Crippen LogP contribution in [-0.2, 0) is 4.79 Å². The highest BCUT2D eigenvalue weighted by Crippen LogP contribution is 2.30. The molecule has 1 aromatic carbocycles. The summed E-state index contributed by atoms with van der Waals surface area (Å²) in [5.41, 5.74) is 2.50. The maximum atomic E-state index is 10.8. The Bertz CT molecular complexity index is 419. The molecule has 0 aliphatic heterocycles. The smallest absolute Gasteiger partial charge is 0.335 e. The Hall–Kier alpha value is -1.77. The van der Waals surface area contributed by atoms with E-state index in [-0.39, 0.29) is 5.57 Å². The number of rotatable bonds is 3. The van der Waals surface area contributed by atoms with Gasteiger partial charge in [0.2, 0.25) is 0 Å². The van der Waals surface area contributed by atoms with Crippen molar-refractivity contribution in [2.24, 2.45) is 0 Å². The molecule has 3 nitrogen and oxygen atoms in total. The fraction of sp³-hybridized carbons (Fsp3) is 0.250. The molecule has 0 aromatic heterocycles. The van der Waals surface area contributed by atoms with Crippen LogP contribution in [0.2, 0.25) is 0 Å². The van der Waals surface area contributed by atoms with Crippen LogP contribution in [0.3, 0.4) is 0 Å². The fourth-order valence-corrected chi connectivity index (χ4v) is 1.56. The molecular weight excluding hydrogens is 192 g/mol. The normalized spacial score (nSPS) is 9.80. The van der Waals surface area contributed by atoms with Crippen LogP contribution in [-0.4, -0.2) is 18.2 Å². The van der Waals surface area contributed by atoms with Gasteiger partial charge in [-0.1, -0.05) is 12.6 Å². The zero-order valence-electron chi connectivity index (χ0n) is 9.13. The van der Waals surface area contributed by atoms with Gasteiger partial charge in [-0.25, -0.2) is 4.79 Å². The Labute approximate surface area is 89.0 Å². The lowest BCUT2D eigenvalue weighted by atomic mass is 10.0. The van der Waals surface area contributed by atoms with Crippen LogP contribution in [0.1, 0.15) is 16.7 Å². The van der Waals surface area contributed by atoms with E-state index in [4.69, 9.17) is 9.84 Å². The number of benzene rings is 1. The topological polar surface area (TPSA) is 46.5 Å². The molecule has 0 saturated heterocycles. The first kappa shape index (κ1) is 11.3. The highest BCUT2D eigenvalue weighted by atomic mass is 16.5. The minimum Gasteiger partial charge on any atom is -0.496 e. The Morgan fingerprint density at radius 3 is 2.47 bits per heavy atom. The molecule has 0 spiro atoms. The monoisotopic (exact) mass is 206 g/mol. The largest absolute Gasteiger partial charge is 0.496 e. The predicted octanol–water partition coefficient (Wildman–Crippen LogP) is 2.41. The molecule has 0 radical (unpaired) electrons. The lowest BCUT2D eigenvalue weighted by molar-refractivity contribution is -0.130. The lowest BCUT2D eigenvalue weighted by Crippen LogP contribution is -2.02. The number of carbonyl (C=O) groups is 1. The molecule has 0 aliphatic carbocycles. The number of aryl methyl sites for hydroxylation is 2. The standard InChI is InChI=1S/C12H14O3/c1-7-5-8(2)11(15-4)10(6-7)9(3)12(13)14/h5-6H,3H2,1-2,4H3,(H,13,14). The third kappa shape index (κ3) is 2.18. The summed E-state index contributed by atoms with van der Waals surface area (Å²) in [6.07, 6.45) is 0. The Morgan fingerprint density at radius 2 is 2.00 bits per heavy atom. The van der Waals surface area contributed by atoms with Crippen LogP contribution in [0.4, 0.5) is 0 Å². The zero-order chi connectivity index (χ0) is 11.6. The van der Waals surface area contributed by atoms with Gasteiger partial charge in [0.25, 0.3) is 0 Å². The Morgan fingerprint density at radius 1 is 1.40 bits per heavy atom. The zero-order valence-corrected chi connectivity index (χ0v) is 9.13. The summed E-state index contributed by atoms with van der Waals surface area (Å²) in [5, 5.41) is 8.88. The summed E-state index contributed by atoms with van der Waals surface area (Å²) >= 11 is 0. The first-order valence-corrected chi connectivity index (χ1v) is 4.55. The maximum absolute atomic E-state index is 10.8. The third-order valence-corrected chi connectivity index (χ3v) is 2.21. The van der Waals surface area contributed by atoms with Crippen molar-refractivity contribution in [1.82, 2.24) is 0 Å². The van der Waals surface area contributed by atoms with E-state index in [1.165, 1.54) is 7.11 Å². The van der Waals surface area contributed by atoms with E-state index in [9.17, 15) is 4.79 Å². The van der Waals surface area contributed by atoms with Crippen molar-refractivity contribution >= 4 is 11.5 Å². The van der Waals surface area contributed by atoms with E-state index in [0.717, 1.165) is 11.1 Å². The average molecular weight is 206 g/mol. The molecule has 0 atom stereocenters. The van der Waals surface area contributed by atoms with Gasteiger partial charge in [0.05, 0.1) is 12.7 Å². The second kappa shape index (κ2) is 4.17. The van der Waals surface area contributed by atoms with Gasteiger partial charge < -0.3 is 9.84 Å². The second-order valence-electron chi connectivity index (χ2n) is 3.45. The van der Waals surface area contributed by atoms with Gasteiger partial charge in [0.15, 0.2) is 0 Å². The minimum atomic E-state index is -1.03. The summed E-state index contributed by atoms with van der Waals surface area (Å²) in [5.74, 6) is -0.452. The van der Waals surface area contributed by atoms with Gasteiger partial charge in [0.1, 0.15) is 5.75 Å². The van der Waals surface area contributed by atoms with Crippen molar-refractivity contribution in [3.8, 4) is 5.75 Å². The Kier molecular flexibility index (Phi) is 3.14. The van der Waals surface area contributed by atoms with Crippen molar-refractivity contribution in [1.29, 1.82) is 0 Å². The summed E-state index contributed by atoms with van der Waals surface area (Å²) in [6.45, 7) is 7.32. The highest BCUT2D eigenvalue weighted by Gasteiger charge is 2.15. The SMILES string of the molecule is C=C(C(=O)O)c1cc(C)cc(C)c1OC. The summed E-state index contributed by atoms with van der Waals surface area (Å²) in [4.78, 5) is 10.8. The van der Waals surface area contributed by atoms with E-state index < -0.39 is 5.97 Å². The lowest BCUT2D eigenvalue weighted by Gasteiger charge is -2.12. The molecule has 1 rings (SSSR count). The number of ether oxygens (including phenoxy) is 1. The molecule has 0 heterocycles. The van der Waals surface area contributed by atoms with E-state index in [1.807, 2.05) is 19.9 Å². The van der Waals surface area contributed by atoms with Crippen molar-refractivity contribution < 1.29 is 14.6 Å². The quantitative estimate of drug-likeness (QED) is 0.772. The number of hydrogen-bond acceptors (Lipinski definition) is 2. The Balaban J connectivity index is 3.38. The van der Waals surface area contributed by atoms with Crippen molar-refractivity contribution in [2.75, 3.05) is 7.11 Å². The van der Waals surface area contributed by atoms with Crippen LogP contribution in [0, 0.1) is 13.8 Å². The summed E-state index contributed by atoms with van der Waals surface area (Å²) in [6, 6.07) is 3.71. The molecule has 0 amide bonds. The molecule has 0 bridgehead atoms. The molecule has 0 saturated carbocycles. The molecule has 15 heavy (non-hydrogen) atoms. The van der Waals surface area contributed by atoms with Gasteiger partial charge >= 0.3 is 5.97 Å². The van der Waals surface area contributed by atoms with Gasteiger partial charge in [-0.2, -0.15) is 0 Å². The fourth-order valence-electron chi connectivity index (χ4n) is 1.56. The summed E-state index contributed by atoms with van der Waals surface area (Å²) < 4.78 is 5.18. The number of carboxylic acids is 1. The van der Waals surface area contributed by atoms with Gasteiger partial charge in [-0.3, -0.25) is 0 Å². The number of carboxylic acid groups (broad SMARTS) is 1. The average Bonchev–Trinajstić information content (AvgIpc) is 2.15. The second-order valence-corrected chi connectivity index (χ2v) is 3.45. The third-order valence-electron chi connectivity index (χ3n) is 2.21. The first-order chi connectivity index (χ1) is 6.97. The van der Waals surface area contributed by atoms with Crippen LogP contribution in [0.5, 0.6) is 5.75 Å². The van der Waals surface area contributed by atoms with Crippen molar-refractivity contribution in [3.05, 3.63) is 35.4 Å². The highest BCUT2D eigenvalue weighted by molar-refractivity contribution is 6.15. The maximum Gasteiger partial charge on any atom is 0.335 e. The van der Waals surface area contributed by atoms with E-state index >= 15 is 0 Å². The van der Waals surface area contributed by atoms with Gasteiger partial charge in [-0.05, 0) is 31.0 Å². The molecule has 0 fully saturated rings. The molecule has 0 unspecified atom stereocenters. The summed E-state index contributed by atoms with van der Waals surface area (Å²) in [7, 11) is 1.52. The molecule has 1 N–H and O–H groups in total. The molecule has 3 heteroatoms. The van der Waals surface area contributed by atoms with Crippen LogP contribution in [0.15, 0.2) is 18.7 Å². The van der Waals surface area contributed by atoms with E-state index in [1.54, 1.807) is 6.07 Å².